The minimum Gasteiger partial charge on any atom is -0.493 e. The number of nitrogens with zero attached hydrogens (tertiary/aromatic N) is 6. The Labute approximate surface area is 223 Å². The van der Waals surface area contributed by atoms with Crippen LogP contribution in [0.5, 0.6) is 5.75 Å². The van der Waals surface area contributed by atoms with Gasteiger partial charge >= 0.3 is 0 Å². The fraction of sp³-hybridized carbons (Fsp3) is 0.310. The van der Waals surface area contributed by atoms with Gasteiger partial charge in [0, 0.05) is 56.0 Å². The molecule has 196 valence electrons. The van der Waals surface area contributed by atoms with Crippen molar-refractivity contribution in [3.8, 4) is 17.1 Å². The standard InChI is InChI=1S/C29H34N8O/c1-21(22-5-7-23(8-6-22)24(17-30)18-31-2)35-28-16-26(33-20-34-28)27-19-32-29-15-25(9-13-37(27)29)38-14-4-12-36-10-3-11-36/h5-9,13,15-21H,3-4,10-12,14,30H2,1-2H3,(H,33,34,35). The summed E-state index contributed by atoms with van der Waals surface area (Å²) in [6.45, 7) is 6.35. The van der Waals surface area contributed by atoms with Crippen molar-refractivity contribution in [1.29, 1.82) is 0 Å². The van der Waals surface area contributed by atoms with Gasteiger partial charge in [0.1, 0.15) is 23.5 Å². The van der Waals surface area contributed by atoms with Crippen molar-refractivity contribution < 1.29 is 4.74 Å². The van der Waals surface area contributed by atoms with E-state index in [1.807, 2.05) is 47.1 Å². The van der Waals surface area contributed by atoms with E-state index in [9.17, 15) is 0 Å². The van der Waals surface area contributed by atoms with E-state index in [1.54, 1.807) is 25.8 Å². The third kappa shape index (κ3) is 5.84. The largest absolute Gasteiger partial charge is 0.493 e. The van der Waals surface area contributed by atoms with Crippen LogP contribution in [0.15, 0.2) is 72.4 Å². The predicted molar refractivity (Wildman–Crippen MR) is 152 cm³/mol. The molecule has 5 rings (SSSR count). The molecular formula is C29H34N8O. The lowest BCUT2D eigenvalue weighted by Crippen LogP contribution is -2.38. The third-order valence-electron chi connectivity index (χ3n) is 6.81. The number of aromatic nitrogens is 4. The molecule has 0 aliphatic carbocycles. The zero-order chi connectivity index (χ0) is 26.3. The first kappa shape index (κ1) is 25.4. The van der Waals surface area contributed by atoms with Crippen LogP contribution in [-0.4, -0.2) is 63.8 Å². The number of benzene rings is 1. The van der Waals surface area contributed by atoms with Gasteiger partial charge in [-0.3, -0.25) is 9.39 Å². The lowest BCUT2D eigenvalue weighted by atomic mass is 10.0. The van der Waals surface area contributed by atoms with Gasteiger partial charge in [0.05, 0.1) is 24.2 Å². The molecule has 4 heterocycles. The van der Waals surface area contributed by atoms with Crippen molar-refractivity contribution in [2.45, 2.75) is 25.8 Å². The van der Waals surface area contributed by atoms with E-state index in [0.717, 1.165) is 58.3 Å². The number of pyridine rings is 1. The second-order valence-electron chi connectivity index (χ2n) is 9.42. The van der Waals surface area contributed by atoms with Crippen LogP contribution in [-0.2, 0) is 0 Å². The number of ether oxygens (including phenoxy) is 1. The predicted octanol–water partition coefficient (Wildman–Crippen LogP) is 4.44. The van der Waals surface area contributed by atoms with Crippen LogP contribution in [0.2, 0.25) is 0 Å². The smallest absolute Gasteiger partial charge is 0.140 e. The van der Waals surface area contributed by atoms with Crippen LogP contribution in [0.25, 0.3) is 22.6 Å². The number of imidazole rings is 1. The summed E-state index contributed by atoms with van der Waals surface area (Å²) < 4.78 is 7.98. The number of rotatable bonds is 11. The normalized spacial score (nSPS) is 15.1. The van der Waals surface area contributed by atoms with E-state index in [4.69, 9.17) is 10.5 Å². The molecule has 0 bridgehead atoms. The molecule has 1 aromatic carbocycles. The Balaban J connectivity index is 1.24. The Morgan fingerprint density at radius 1 is 1.16 bits per heavy atom. The number of likely N-dealkylation sites (tertiary alicyclic amines) is 1. The molecule has 38 heavy (non-hydrogen) atoms. The molecule has 1 unspecified atom stereocenters. The van der Waals surface area contributed by atoms with E-state index in [0.29, 0.717) is 6.61 Å². The number of fused-ring (bicyclic) bond motifs is 1. The highest BCUT2D eigenvalue weighted by Crippen LogP contribution is 2.25. The highest BCUT2D eigenvalue weighted by atomic mass is 16.5. The van der Waals surface area contributed by atoms with E-state index in [-0.39, 0.29) is 6.04 Å². The second kappa shape index (κ2) is 11.9. The maximum atomic E-state index is 5.96. The van der Waals surface area contributed by atoms with Gasteiger partial charge in [-0.1, -0.05) is 24.3 Å². The van der Waals surface area contributed by atoms with Gasteiger partial charge in [-0.25, -0.2) is 15.0 Å². The maximum absolute atomic E-state index is 5.96. The molecule has 1 saturated heterocycles. The van der Waals surface area contributed by atoms with Crippen LogP contribution < -0.4 is 15.8 Å². The molecule has 0 saturated carbocycles. The summed E-state index contributed by atoms with van der Waals surface area (Å²) in [6, 6.07) is 14.2. The molecule has 3 aromatic heterocycles. The summed E-state index contributed by atoms with van der Waals surface area (Å²) in [5.41, 5.74) is 11.3. The van der Waals surface area contributed by atoms with Crippen LogP contribution in [0.1, 0.15) is 36.9 Å². The molecule has 3 N–H and O–H groups in total. The van der Waals surface area contributed by atoms with Crippen molar-refractivity contribution >= 4 is 23.3 Å². The Hall–Kier alpha value is -4.24. The van der Waals surface area contributed by atoms with Gasteiger partial charge < -0.3 is 20.7 Å². The molecule has 4 aromatic rings. The number of hydrogen-bond acceptors (Lipinski definition) is 8. The molecule has 1 atom stereocenters. The number of nitrogens with two attached hydrogens (primary N) is 1. The summed E-state index contributed by atoms with van der Waals surface area (Å²) in [7, 11) is 1.73. The molecule has 0 radical (unpaired) electrons. The van der Waals surface area contributed by atoms with Gasteiger partial charge in [-0.2, -0.15) is 0 Å². The summed E-state index contributed by atoms with van der Waals surface area (Å²) >= 11 is 0. The van der Waals surface area contributed by atoms with E-state index >= 15 is 0 Å². The molecule has 9 nitrogen and oxygen atoms in total. The number of allylic oxidation sites excluding steroid dienone is 1. The average molecular weight is 511 g/mol. The highest BCUT2D eigenvalue weighted by Gasteiger charge is 2.14. The Morgan fingerprint density at radius 2 is 2.00 bits per heavy atom. The van der Waals surface area contributed by atoms with Crippen LogP contribution >= 0.6 is 0 Å². The maximum Gasteiger partial charge on any atom is 0.140 e. The monoisotopic (exact) mass is 510 g/mol. The fourth-order valence-corrected chi connectivity index (χ4v) is 4.52. The quantitative estimate of drug-likeness (QED) is 0.227. The van der Waals surface area contributed by atoms with Gasteiger partial charge in [-0.05, 0) is 50.0 Å². The van der Waals surface area contributed by atoms with Crippen molar-refractivity contribution in [3.63, 3.8) is 0 Å². The first-order valence-corrected chi connectivity index (χ1v) is 13.0. The summed E-state index contributed by atoms with van der Waals surface area (Å²) in [6.07, 6.45) is 11.1. The van der Waals surface area contributed by atoms with Crippen molar-refractivity contribution in [3.05, 3.63) is 78.5 Å². The third-order valence-corrected chi connectivity index (χ3v) is 6.81. The topological polar surface area (TPSA) is 106 Å². The van der Waals surface area contributed by atoms with Gasteiger partial charge in [0.25, 0.3) is 0 Å². The van der Waals surface area contributed by atoms with E-state index in [2.05, 4.69) is 49.2 Å². The number of nitrogens with one attached hydrogen (secondary N) is 1. The Kier molecular flexibility index (Phi) is 7.94. The van der Waals surface area contributed by atoms with Crippen molar-refractivity contribution in [2.75, 3.05) is 38.6 Å². The van der Waals surface area contributed by atoms with Crippen LogP contribution in [0, 0.1) is 0 Å². The lowest BCUT2D eigenvalue weighted by Gasteiger charge is -2.30. The number of anilines is 1. The van der Waals surface area contributed by atoms with Crippen molar-refractivity contribution in [1.82, 2.24) is 24.3 Å². The first-order chi connectivity index (χ1) is 18.6. The molecule has 1 aliphatic rings. The van der Waals surface area contributed by atoms with E-state index < -0.39 is 0 Å². The SMILES string of the molecule is CN=CC(=CN)c1ccc(C(C)Nc2cc(-c3cnc4cc(OCCCN5CCC5)ccn34)ncn2)cc1. The van der Waals surface area contributed by atoms with Gasteiger partial charge in [-0.15, -0.1) is 0 Å². The Morgan fingerprint density at radius 3 is 2.74 bits per heavy atom. The highest BCUT2D eigenvalue weighted by molar-refractivity contribution is 6.09. The molecule has 0 spiro atoms. The number of aliphatic imine (C=N–C) groups is 1. The molecule has 1 fully saturated rings. The number of hydrogen-bond donors (Lipinski definition) is 2. The summed E-state index contributed by atoms with van der Waals surface area (Å²) in [5, 5.41) is 3.48. The van der Waals surface area contributed by atoms with Gasteiger partial charge in [0.2, 0.25) is 0 Å². The van der Waals surface area contributed by atoms with Gasteiger partial charge in [0.15, 0.2) is 0 Å². The minimum absolute atomic E-state index is 0.0416. The first-order valence-electron chi connectivity index (χ1n) is 13.0. The molecular weight excluding hydrogens is 476 g/mol. The zero-order valence-corrected chi connectivity index (χ0v) is 21.9. The van der Waals surface area contributed by atoms with Crippen LogP contribution in [0.4, 0.5) is 5.82 Å². The van der Waals surface area contributed by atoms with Crippen LogP contribution in [0.3, 0.4) is 0 Å². The summed E-state index contributed by atoms with van der Waals surface area (Å²) in [5.74, 6) is 1.57. The lowest BCUT2D eigenvalue weighted by molar-refractivity contribution is 0.165. The zero-order valence-electron chi connectivity index (χ0n) is 21.9. The molecule has 9 heteroatoms. The van der Waals surface area contributed by atoms with Crippen molar-refractivity contribution in [2.24, 2.45) is 10.7 Å². The fourth-order valence-electron chi connectivity index (χ4n) is 4.52. The Bertz CT molecular complexity index is 1420. The second-order valence-corrected chi connectivity index (χ2v) is 9.42. The molecule has 1 aliphatic heterocycles. The summed E-state index contributed by atoms with van der Waals surface area (Å²) in [4.78, 5) is 20.0. The average Bonchev–Trinajstić information content (AvgIpc) is 3.34. The van der Waals surface area contributed by atoms with E-state index in [1.165, 1.54) is 19.5 Å². The minimum atomic E-state index is 0.0416. The molecule has 0 amide bonds.